The Kier molecular flexibility index (Phi) is 5.70. The van der Waals surface area contributed by atoms with Crippen molar-refractivity contribution in [2.75, 3.05) is 12.8 Å². The van der Waals surface area contributed by atoms with E-state index in [9.17, 15) is 13.2 Å². The van der Waals surface area contributed by atoms with Crippen LogP contribution in [0.15, 0.2) is 47.4 Å². The fraction of sp³-hybridized carbons (Fsp3) is 0.250. The molecule has 2 rings (SSSR count). The summed E-state index contributed by atoms with van der Waals surface area (Å²) in [5.41, 5.74) is 0.730. The van der Waals surface area contributed by atoms with Gasteiger partial charge in [-0.3, -0.25) is 0 Å². The SMILES string of the molecule is CNC(CSc1cccc(F)c1)Cc1ccc(F)c(F)c1. The zero-order valence-corrected chi connectivity index (χ0v) is 12.4. The van der Waals surface area contributed by atoms with Crippen molar-refractivity contribution < 1.29 is 13.2 Å². The van der Waals surface area contributed by atoms with Gasteiger partial charge >= 0.3 is 0 Å². The van der Waals surface area contributed by atoms with Crippen LogP contribution in [0.3, 0.4) is 0 Å². The molecule has 21 heavy (non-hydrogen) atoms. The Morgan fingerprint density at radius 2 is 1.86 bits per heavy atom. The molecule has 112 valence electrons. The Hall–Kier alpha value is -1.46. The minimum Gasteiger partial charge on any atom is -0.316 e. The smallest absolute Gasteiger partial charge is 0.159 e. The first-order valence-electron chi connectivity index (χ1n) is 6.58. The van der Waals surface area contributed by atoms with Crippen LogP contribution in [0.25, 0.3) is 0 Å². The van der Waals surface area contributed by atoms with Crippen molar-refractivity contribution in [1.29, 1.82) is 0 Å². The number of hydrogen-bond acceptors (Lipinski definition) is 2. The molecule has 0 saturated heterocycles. The van der Waals surface area contributed by atoms with E-state index in [1.165, 1.54) is 30.0 Å². The number of hydrogen-bond donors (Lipinski definition) is 1. The molecule has 0 aromatic heterocycles. The minimum absolute atomic E-state index is 0.0862. The third kappa shape index (κ3) is 4.79. The number of likely N-dealkylation sites (N-methyl/N-ethyl adjacent to an activating group) is 1. The van der Waals surface area contributed by atoms with Crippen molar-refractivity contribution >= 4 is 11.8 Å². The van der Waals surface area contributed by atoms with E-state index >= 15 is 0 Å². The highest BCUT2D eigenvalue weighted by Crippen LogP contribution is 2.21. The van der Waals surface area contributed by atoms with Gasteiger partial charge < -0.3 is 5.32 Å². The number of benzene rings is 2. The molecular formula is C16H16F3NS. The molecule has 2 aromatic carbocycles. The molecule has 0 bridgehead atoms. The largest absolute Gasteiger partial charge is 0.316 e. The first-order valence-corrected chi connectivity index (χ1v) is 7.56. The predicted molar refractivity (Wildman–Crippen MR) is 80.0 cm³/mol. The summed E-state index contributed by atoms with van der Waals surface area (Å²) in [5.74, 6) is -1.23. The van der Waals surface area contributed by atoms with E-state index in [0.29, 0.717) is 12.2 Å². The van der Waals surface area contributed by atoms with Crippen molar-refractivity contribution in [3.05, 3.63) is 65.5 Å². The van der Waals surface area contributed by atoms with Crippen molar-refractivity contribution in [1.82, 2.24) is 5.32 Å². The monoisotopic (exact) mass is 311 g/mol. The van der Waals surface area contributed by atoms with E-state index in [4.69, 9.17) is 0 Å². The lowest BCUT2D eigenvalue weighted by atomic mass is 10.1. The van der Waals surface area contributed by atoms with E-state index in [2.05, 4.69) is 5.32 Å². The molecule has 0 heterocycles. The van der Waals surface area contributed by atoms with Crippen molar-refractivity contribution in [2.24, 2.45) is 0 Å². The quantitative estimate of drug-likeness (QED) is 0.809. The van der Waals surface area contributed by atoms with Crippen LogP contribution in [0.5, 0.6) is 0 Å². The molecule has 0 aliphatic carbocycles. The van der Waals surface area contributed by atoms with Gasteiger partial charge in [0.05, 0.1) is 0 Å². The second-order valence-electron chi connectivity index (χ2n) is 4.71. The van der Waals surface area contributed by atoms with Gasteiger partial charge in [-0.05, 0) is 49.4 Å². The maximum absolute atomic E-state index is 13.2. The van der Waals surface area contributed by atoms with Crippen LogP contribution in [0.4, 0.5) is 13.2 Å². The lowest BCUT2D eigenvalue weighted by Crippen LogP contribution is -2.30. The molecule has 0 fully saturated rings. The maximum atomic E-state index is 13.2. The van der Waals surface area contributed by atoms with E-state index in [1.54, 1.807) is 12.1 Å². The fourth-order valence-electron chi connectivity index (χ4n) is 1.95. The number of rotatable bonds is 6. The van der Waals surface area contributed by atoms with E-state index < -0.39 is 11.6 Å². The van der Waals surface area contributed by atoms with Gasteiger partial charge in [0.1, 0.15) is 5.82 Å². The second-order valence-corrected chi connectivity index (χ2v) is 5.80. The molecule has 0 radical (unpaired) electrons. The molecule has 1 N–H and O–H groups in total. The van der Waals surface area contributed by atoms with Gasteiger partial charge in [0.15, 0.2) is 11.6 Å². The van der Waals surface area contributed by atoms with Crippen LogP contribution in [0, 0.1) is 17.5 Å². The molecule has 1 unspecified atom stereocenters. The van der Waals surface area contributed by atoms with Crippen molar-refractivity contribution in [3.63, 3.8) is 0 Å². The van der Waals surface area contributed by atoms with Gasteiger partial charge in [0, 0.05) is 16.7 Å². The molecular weight excluding hydrogens is 295 g/mol. The second kappa shape index (κ2) is 7.52. The summed E-state index contributed by atoms with van der Waals surface area (Å²) >= 11 is 1.52. The summed E-state index contributed by atoms with van der Waals surface area (Å²) in [7, 11) is 1.82. The zero-order chi connectivity index (χ0) is 15.2. The Bertz CT molecular complexity index is 604. The summed E-state index contributed by atoms with van der Waals surface area (Å²) in [6.45, 7) is 0. The summed E-state index contributed by atoms with van der Waals surface area (Å²) in [5, 5.41) is 3.14. The Labute approximate surface area is 126 Å². The number of nitrogens with one attached hydrogen (secondary N) is 1. The molecule has 0 aliphatic heterocycles. The molecule has 1 atom stereocenters. The lowest BCUT2D eigenvalue weighted by molar-refractivity contribution is 0.505. The third-order valence-electron chi connectivity index (χ3n) is 3.12. The molecule has 5 heteroatoms. The normalized spacial score (nSPS) is 12.4. The summed E-state index contributed by atoms with van der Waals surface area (Å²) in [6, 6.07) is 10.4. The summed E-state index contributed by atoms with van der Waals surface area (Å²) in [4.78, 5) is 0.848. The van der Waals surface area contributed by atoms with Gasteiger partial charge in [0.25, 0.3) is 0 Å². The lowest BCUT2D eigenvalue weighted by Gasteiger charge is -2.16. The highest BCUT2D eigenvalue weighted by Gasteiger charge is 2.10. The van der Waals surface area contributed by atoms with Crippen LogP contribution in [-0.4, -0.2) is 18.8 Å². The number of halogens is 3. The average Bonchev–Trinajstić information content (AvgIpc) is 2.47. The highest BCUT2D eigenvalue weighted by atomic mass is 32.2. The number of thioether (sulfide) groups is 1. The van der Waals surface area contributed by atoms with Crippen LogP contribution in [-0.2, 0) is 6.42 Å². The van der Waals surface area contributed by atoms with E-state index in [0.717, 1.165) is 16.5 Å². The van der Waals surface area contributed by atoms with Crippen molar-refractivity contribution in [3.8, 4) is 0 Å². The fourth-order valence-corrected chi connectivity index (χ4v) is 3.00. The summed E-state index contributed by atoms with van der Waals surface area (Å²) in [6.07, 6.45) is 0.579. The van der Waals surface area contributed by atoms with Gasteiger partial charge in [-0.2, -0.15) is 0 Å². The first kappa shape index (κ1) is 15.9. The Morgan fingerprint density at radius 3 is 2.52 bits per heavy atom. The molecule has 2 aromatic rings. The van der Waals surface area contributed by atoms with Gasteiger partial charge in [-0.25, -0.2) is 13.2 Å². The Morgan fingerprint density at radius 1 is 1.05 bits per heavy atom. The highest BCUT2D eigenvalue weighted by molar-refractivity contribution is 7.99. The minimum atomic E-state index is -0.839. The molecule has 0 aliphatic rings. The summed E-state index contributed by atoms with van der Waals surface area (Å²) < 4.78 is 39.2. The van der Waals surface area contributed by atoms with E-state index in [1.807, 2.05) is 13.1 Å². The van der Waals surface area contributed by atoms with E-state index in [-0.39, 0.29) is 11.9 Å². The van der Waals surface area contributed by atoms with Gasteiger partial charge in [-0.1, -0.05) is 12.1 Å². The van der Waals surface area contributed by atoms with Crippen molar-refractivity contribution in [2.45, 2.75) is 17.4 Å². The molecule has 0 saturated carbocycles. The topological polar surface area (TPSA) is 12.0 Å². The van der Waals surface area contributed by atoms with Crippen LogP contribution < -0.4 is 5.32 Å². The van der Waals surface area contributed by atoms with Gasteiger partial charge in [0.2, 0.25) is 0 Å². The average molecular weight is 311 g/mol. The Balaban J connectivity index is 1.95. The molecule has 1 nitrogen and oxygen atoms in total. The predicted octanol–water partition coefficient (Wildman–Crippen LogP) is 4.03. The van der Waals surface area contributed by atoms with Crippen LogP contribution in [0.2, 0.25) is 0 Å². The zero-order valence-electron chi connectivity index (χ0n) is 11.6. The first-order chi connectivity index (χ1) is 10.1. The van der Waals surface area contributed by atoms with Gasteiger partial charge in [-0.15, -0.1) is 11.8 Å². The molecule has 0 spiro atoms. The standard InChI is InChI=1S/C16H16F3NS/c1-20-13(7-11-5-6-15(18)16(19)8-11)10-21-14-4-2-3-12(17)9-14/h2-6,8-9,13,20H,7,10H2,1H3. The van der Waals surface area contributed by atoms with Crippen LogP contribution >= 0.6 is 11.8 Å². The third-order valence-corrected chi connectivity index (χ3v) is 4.28. The maximum Gasteiger partial charge on any atom is 0.159 e. The van der Waals surface area contributed by atoms with Crippen LogP contribution in [0.1, 0.15) is 5.56 Å². The molecule has 0 amide bonds.